The molecule has 0 bridgehead atoms. The Hall–Kier alpha value is -0.700. The number of halogens is 1. The maximum absolute atomic E-state index is 5.31. The van der Waals surface area contributed by atoms with Crippen molar-refractivity contribution in [2.45, 2.75) is 25.3 Å². The van der Waals surface area contributed by atoms with Gasteiger partial charge in [-0.15, -0.1) is 0 Å². The minimum atomic E-state index is 0.656. The van der Waals surface area contributed by atoms with Crippen molar-refractivity contribution < 1.29 is 4.74 Å². The molecule has 1 aromatic rings. The standard InChI is InChI=1S/C12H14BrNO/c1-15-11-5-4-9-8(12(11)13)6-10(14-9)7-2-3-7/h4-5,7,10,14H,2-3,6H2,1H3. The van der Waals surface area contributed by atoms with E-state index in [-0.39, 0.29) is 0 Å². The minimum Gasteiger partial charge on any atom is -0.496 e. The maximum atomic E-state index is 5.31. The zero-order chi connectivity index (χ0) is 10.4. The van der Waals surface area contributed by atoms with Gasteiger partial charge in [0.05, 0.1) is 11.6 Å². The molecule has 15 heavy (non-hydrogen) atoms. The van der Waals surface area contributed by atoms with E-state index in [0.717, 1.165) is 22.6 Å². The molecule has 3 rings (SSSR count). The molecule has 2 nitrogen and oxygen atoms in total. The summed E-state index contributed by atoms with van der Waals surface area (Å²) in [5.41, 5.74) is 2.66. The average Bonchev–Trinajstić information content (AvgIpc) is 2.99. The number of fused-ring (bicyclic) bond motifs is 1. The number of ether oxygens (including phenoxy) is 1. The van der Waals surface area contributed by atoms with Crippen LogP contribution >= 0.6 is 15.9 Å². The van der Waals surface area contributed by atoms with E-state index in [0.29, 0.717) is 6.04 Å². The van der Waals surface area contributed by atoms with Gasteiger partial charge in [-0.25, -0.2) is 0 Å². The van der Waals surface area contributed by atoms with E-state index in [1.54, 1.807) is 7.11 Å². The predicted octanol–water partition coefficient (Wildman–Crippen LogP) is 3.20. The van der Waals surface area contributed by atoms with Crippen LogP contribution in [0.25, 0.3) is 0 Å². The molecule has 2 aliphatic rings. The van der Waals surface area contributed by atoms with Crippen LogP contribution in [0.3, 0.4) is 0 Å². The molecule has 1 heterocycles. The Morgan fingerprint density at radius 2 is 2.20 bits per heavy atom. The van der Waals surface area contributed by atoms with E-state index in [9.17, 15) is 0 Å². The largest absolute Gasteiger partial charge is 0.496 e. The van der Waals surface area contributed by atoms with Crippen molar-refractivity contribution in [1.29, 1.82) is 0 Å². The summed E-state index contributed by atoms with van der Waals surface area (Å²) >= 11 is 3.62. The zero-order valence-electron chi connectivity index (χ0n) is 8.72. The fraction of sp³-hybridized carbons (Fsp3) is 0.500. The van der Waals surface area contributed by atoms with Crippen LogP contribution in [0.15, 0.2) is 16.6 Å². The summed E-state index contributed by atoms with van der Waals surface area (Å²) in [6.07, 6.45) is 3.92. The molecular formula is C12H14BrNO. The lowest BCUT2D eigenvalue weighted by Gasteiger charge is -2.08. The number of benzene rings is 1. The lowest BCUT2D eigenvalue weighted by atomic mass is 10.1. The molecule has 0 aromatic heterocycles. The lowest BCUT2D eigenvalue weighted by Crippen LogP contribution is -2.17. The van der Waals surface area contributed by atoms with Crippen LogP contribution in [0.1, 0.15) is 18.4 Å². The molecule has 0 radical (unpaired) electrons. The monoisotopic (exact) mass is 267 g/mol. The number of rotatable bonds is 2. The molecule has 3 heteroatoms. The quantitative estimate of drug-likeness (QED) is 0.889. The zero-order valence-corrected chi connectivity index (χ0v) is 10.3. The van der Waals surface area contributed by atoms with Gasteiger partial charge in [0.2, 0.25) is 0 Å². The molecule has 1 aliphatic carbocycles. The summed E-state index contributed by atoms with van der Waals surface area (Å²) in [6.45, 7) is 0. The first kappa shape index (κ1) is 9.52. The van der Waals surface area contributed by atoms with Gasteiger partial charge in [0, 0.05) is 11.7 Å². The van der Waals surface area contributed by atoms with Crippen molar-refractivity contribution in [3.05, 3.63) is 22.2 Å². The smallest absolute Gasteiger partial charge is 0.133 e. The van der Waals surface area contributed by atoms with Gasteiger partial charge in [0.15, 0.2) is 0 Å². The molecule has 1 N–H and O–H groups in total. The van der Waals surface area contributed by atoms with Gasteiger partial charge in [-0.1, -0.05) is 0 Å². The molecule has 1 aliphatic heterocycles. The second-order valence-electron chi connectivity index (χ2n) is 4.40. The summed E-state index contributed by atoms with van der Waals surface area (Å²) in [5.74, 6) is 1.84. The van der Waals surface area contributed by atoms with Crippen molar-refractivity contribution in [3.63, 3.8) is 0 Å². The van der Waals surface area contributed by atoms with Crippen molar-refractivity contribution in [1.82, 2.24) is 0 Å². The average molecular weight is 268 g/mol. The Labute approximate surface area is 98.1 Å². The van der Waals surface area contributed by atoms with Gasteiger partial charge in [-0.05, 0) is 58.8 Å². The Kier molecular flexibility index (Phi) is 2.16. The second-order valence-corrected chi connectivity index (χ2v) is 5.19. The minimum absolute atomic E-state index is 0.656. The molecule has 80 valence electrons. The van der Waals surface area contributed by atoms with Crippen molar-refractivity contribution in [3.8, 4) is 5.75 Å². The van der Waals surface area contributed by atoms with Crippen molar-refractivity contribution >= 4 is 21.6 Å². The third-order valence-electron chi connectivity index (χ3n) is 3.38. The SMILES string of the molecule is COc1ccc2c(c1Br)CC(C1CC1)N2. The summed E-state index contributed by atoms with van der Waals surface area (Å²) < 4.78 is 6.43. The molecule has 1 atom stereocenters. The normalized spacial score (nSPS) is 23.5. The Morgan fingerprint density at radius 3 is 2.87 bits per heavy atom. The first-order valence-corrected chi connectivity index (χ1v) is 6.21. The fourth-order valence-electron chi connectivity index (χ4n) is 2.35. The van der Waals surface area contributed by atoms with Gasteiger partial charge >= 0.3 is 0 Å². The summed E-state index contributed by atoms with van der Waals surface area (Å²) in [6, 6.07) is 4.80. The molecule has 1 fully saturated rings. The topological polar surface area (TPSA) is 21.3 Å². The number of anilines is 1. The first-order valence-electron chi connectivity index (χ1n) is 5.41. The molecular weight excluding hydrogens is 254 g/mol. The third kappa shape index (κ3) is 1.53. The number of nitrogens with one attached hydrogen (secondary N) is 1. The Balaban J connectivity index is 1.94. The second kappa shape index (κ2) is 3.41. The van der Waals surface area contributed by atoms with Crippen molar-refractivity contribution in [2.24, 2.45) is 5.92 Å². The van der Waals surface area contributed by atoms with Crippen LogP contribution in [0.4, 0.5) is 5.69 Å². The highest BCUT2D eigenvalue weighted by Crippen LogP contribution is 2.44. The van der Waals surface area contributed by atoms with Gasteiger partial charge < -0.3 is 10.1 Å². The van der Waals surface area contributed by atoms with Gasteiger partial charge in [-0.2, -0.15) is 0 Å². The van der Waals surface area contributed by atoms with E-state index >= 15 is 0 Å². The number of hydrogen-bond acceptors (Lipinski definition) is 2. The summed E-state index contributed by atoms with van der Waals surface area (Å²) in [5, 5.41) is 3.60. The highest BCUT2D eigenvalue weighted by molar-refractivity contribution is 9.10. The Morgan fingerprint density at radius 1 is 1.40 bits per heavy atom. The predicted molar refractivity (Wildman–Crippen MR) is 64.5 cm³/mol. The van der Waals surface area contributed by atoms with Gasteiger partial charge in [0.1, 0.15) is 5.75 Å². The summed E-state index contributed by atoms with van der Waals surface area (Å²) in [7, 11) is 1.72. The fourth-order valence-corrected chi connectivity index (χ4v) is 3.02. The highest BCUT2D eigenvalue weighted by Gasteiger charge is 2.36. The molecule has 0 amide bonds. The van der Waals surface area contributed by atoms with Crippen molar-refractivity contribution in [2.75, 3.05) is 12.4 Å². The van der Waals surface area contributed by atoms with E-state index < -0.39 is 0 Å². The van der Waals surface area contributed by atoms with Gasteiger partial charge in [-0.3, -0.25) is 0 Å². The van der Waals surface area contributed by atoms with Crippen LogP contribution < -0.4 is 10.1 Å². The Bertz CT molecular complexity index is 401. The van der Waals surface area contributed by atoms with E-state index in [2.05, 4.69) is 27.3 Å². The van der Waals surface area contributed by atoms with Crippen LogP contribution in [-0.4, -0.2) is 13.2 Å². The van der Waals surface area contributed by atoms with Crippen LogP contribution in [-0.2, 0) is 6.42 Å². The lowest BCUT2D eigenvalue weighted by molar-refractivity contribution is 0.411. The maximum Gasteiger partial charge on any atom is 0.133 e. The molecule has 0 saturated heterocycles. The van der Waals surface area contributed by atoms with Gasteiger partial charge in [0.25, 0.3) is 0 Å². The molecule has 0 spiro atoms. The number of hydrogen-bond donors (Lipinski definition) is 1. The number of methoxy groups -OCH3 is 1. The molecule has 1 unspecified atom stereocenters. The van der Waals surface area contributed by atoms with Crippen LogP contribution in [0.2, 0.25) is 0 Å². The molecule has 1 aromatic carbocycles. The van der Waals surface area contributed by atoms with E-state index in [1.165, 1.54) is 24.1 Å². The van der Waals surface area contributed by atoms with Crippen LogP contribution in [0, 0.1) is 5.92 Å². The highest BCUT2D eigenvalue weighted by atomic mass is 79.9. The first-order chi connectivity index (χ1) is 7.29. The summed E-state index contributed by atoms with van der Waals surface area (Å²) in [4.78, 5) is 0. The van der Waals surface area contributed by atoms with E-state index in [1.807, 2.05) is 6.07 Å². The van der Waals surface area contributed by atoms with E-state index in [4.69, 9.17) is 4.74 Å². The molecule has 1 saturated carbocycles. The third-order valence-corrected chi connectivity index (χ3v) is 4.25. The van der Waals surface area contributed by atoms with Crippen LogP contribution in [0.5, 0.6) is 5.75 Å².